The van der Waals surface area contributed by atoms with Crippen LogP contribution in [0.1, 0.15) is 20.8 Å². The molecule has 1 rings (SSSR count). The van der Waals surface area contributed by atoms with Crippen LogP contribution in [0.4, 0.5) is 4.79 Å². The second kappa shape index (κ2) is 10.00. The van der Waals surface area contributed by atoms with Gasteiger partial charge in [-0.2, -0.15) is 5.10 Å². The standard InChI is InChI=1S/C18H23N3O2/c1-18(2,3)23-17(22)21-16-12-8-4-6-10-14-19-20-15-11-7-5-9-13-16/h4-15,19H,1-3H3,(H,21,22). The van der Waals surface area contributed by atoms with Crippen molar-refractivity contribution >= 4 is 12.3 Å². The SMILES string of the molecule is CC(C)(C)OC(=O)NC1=CC=CC=CC=NNC=CC=CC=C1. The predicted molar refractivity (Wildman–Crippen MR) is 94.8 cm³/mol. The van der Waals surface area contributed by atoms with E-state index in [0.29, 0.717) is 5.70 Å². The fraction of sp³-hybridized carbons (Fsp3) is 0.222. The van der Waals surface area contributed by atoms with Crippen molar-refractivity contribution in [2.45, 2.75) is 26.4 Å². The van der Waals surface area contributed by atoms with Gasteiger partial charge < -0.3 is 4.74 Å². The van der Waals surface area contributed by atoms with E-state index in [2.05, 4.69) is 15.8 Å². The van der Waals surface area contributed by atoms with Crippen LogP contribution in [0.5, 0.6) is 0 Å². The molecule has 0 radical (unpaired) electrons. The van der Waals surface area contributed by atoms with E-state index in [1.54, 1.807) is 30.6 Å². The Hall–Kier alpha value is -2.82. The van der Waals surface area contributed by atoms with Gasteiger partial charge in [-0.25, -0.2) is 4.79 Å². The average molecular weight is 313 g/mol. The molecule has 1 aliphatic heterocycles. The molecule has 0 aromatic heterocycles. The van der Waals surface area contributed by atoms with E-state index in [0.717, 1.165) is 0 Å². The maximum atomic E-state index is 11.8. The Bertz CT molecular complexity index is 586. The quantitative estimate of drug-likeness (QED) is 0.775. The minimum atomic E-state index is -0.538. The Morgan fingerprint density at radius 1 is 1.04 bits per heavy atom. The second-order valence-electron chi connectivity index (χ2n) is 5.53. The molecule has 0 saturated heterocycles. The molecule has 1 aliphatic rings. The van der Waals surface area contributed by atoms with Crippen LogP contribution in [0, 0.1) is 0 Å². The number of alkyl carbamates (subject to hydrolysis) is 1. The van der Waals surface area contributed by atoms with Crippen molar-refractivity contribution in [1.82, 2.24) is 10.7 Å². The van der Waals surface area contributed by atoms with Crippen LogP contribution in [0.2, 0.25) is 0 Å². The molecule has 0 unspecified atom stereocenters. The van der Waals surface area contributed by atoms with E-state index in [1.807, 2.05) is 63.3 Å². The minimum absolute atomic E-state index is 0.490. The summed E-state index contributed by atoms with van der Waals surface area (Å²) in [6.45, 7) is 5.47. The highest BCUT2D eigenvalue weighted by molar-refractivity contribution is 5.71. The number of hydrogen-bond donors (Lipinski definition) is 2. The Balaban J connectivity index is 2.84. The first kappa shape index (κ1) is 18.2. The smallest absolute Gasteiger partial charge is 0.412 e. The summed E-state index contributed by atoms with van der Waals surface area (Å²) in [6.07, 6.45) is 21.0. The summed E-state index contributed by atoms with van der Waals surface area (Å²) in [5.74, 6) is 0. The van der Waals surface area contributed by atoms with Crippen molar-refractivity contribution in [1.29, 1.82) is 0 Å². The molecule has 0 fully saturated rings. The van der Waals surface area contributed by atoms with E-state index in [4.69, 9.17) is 4.74 Å². The van der Waals surface area contributed by atoms with Crippen LogP contribution >= 0.6 is 0 Å². The van der Waals surface area contributed by atoms with Gasteiger partial charge in [0.2, 0.25) is 0 Å². The van der Waals surface area contributed by atoms with Crippen molar-refractivity contribution in [3.63, 3.8) is 0 Å². The van der Waals surface area contributed by atoms with Gasteiger partial charge in [0.05, 0.1) is 0 Å². The Morgan fingerprint density at radius 3 is 2.52 bits per heavy atom. The largest absolute Gasteiger partial charge is 0.444 e. The summed E-state index contributed by atoms with van der Waals surface area (Å²) < 4.78 is 5.25. The second-order valence-corrected chi connectivity index (χ2v) is 5.53. The van der Waals surface area contributed by atoms with Gasteiger partial charge in [-0.3, -0.25) is 10.7 Å². The van der Waals surface area contributed by atoms with Crippen molar-refractivity contribution < 1.29 is 9.53 Å². The molecule has 5 nitrogen and oxygen atoms in total. The zero-order chi connectivity index (χ0) is 17.0. The van der Waals surface area contributed by atoms with Crippen molar-refractivity contribution in [2.24, 2.45) is 5.10 Å². The van der Waals surface area contributed by atoms with Gasteiger partial charge >= 0.3 is 6.09 Å². The number of carbonyl (C=O) groups is 1. The summed E-state index contributed by atoms with van der Waals surface area (Å²) >= 11 is 0. The summed E-state index contributed by atoms with van der Waals surface area (Å²) in [5.41, 5.74) is 2.85. The van der Waals surface area contributed by atoms with Crippen molar-refractivity contribution in [2.75, 3.05) is 0 Å². The summed E-state index contributed by atoms with van der Waals surface area (Å²) in [4.78, 5) is 11.8. The van der Waals surface area contributed by atoms with Crippen molar-refractivity contribution in [3.05, 3.63) is 72.7 Å². The van der Waals surface area contributed by atoms with Crippen molar-refractivity contribution in [3.8, 4) is 0 Å². The maximum absolute atomic E-state index is 11.8. The highest BCUT2D eigenvalue weighted by Gasteiger charge is 2.16. The lowest BCUT2D eigenvalue weighted by molar-refractivity contribution is 0.0548. The molecule has 122 valence electrons. The molecular formula is C18H23N3O2. The van der Waals surface area contributed by atoms with Gasteiger partial charge in [0.25, 0.3) is 0 Å². The first-order valence-electron chi connectivity index (χ1n) is 7.29. The van der Waals surface area contributed by atoms with Crippen LogP contribution in [0.25, 0.3) is 0 Å². The number of nitrogens with zero attached hydrogens (tertiary/aromatic N) is 1. The average Bonchev–Trinajstić information content (AvgIpc) is 2.45. The summed E-state index contributed by atoms with van der Waals surface area (Å²) in [7, 11) is 0. The zero-order valence-corrected chi connectivity index (χ0v) is 13.7. The summed E-state index contributed by atoms with van der Waals surface area (Å²) in [6, 6.07) is 0. The number of hydrogen-bond acceptors (Lipinski definition) is 4. The van der Waals surface area contributed by atoms with Gasteiger partial charge in [-0.05, 0) is 45.1 Å². The number of hydrazone groups is 1. The van der Waals surface area contributed by atoms with E-state index in [9.17, 15) is 4.79 Å². The molecule has 1 amide bonds. The van der Waals surface area contributed by atoms with E-state index < -0.39 is 11.7 Å². The fourth-order valence-electron chi connectivity index (χ4n) is 1.41. The third kappa shape index (κ3) is 10.5. The highest BCUT2D eigenvalue weighted by atomic mass is 16.6. The van der Waals surface area contributed by atoms with Crippen LogP contribution in [-0.4, -0.2) is 17.9 Å². The lowest BCUT2D eigenvalue weighted by atomic mass is 10.2. The first-order chi connectivity index (χ1) is 11.0. The molecule has 2 N–H and O–H groups in total. The van der Waals surface area contributed by atoms with Gasteiger partial charge in [0, 0.05) is 18.1 Å². The lowest BCUT2D eigenvalue weighted by Crippen LogP contribution is -2.31. The Morgan fingerprint density at radius 2 is 1.74 bits per heavy atom. The number of amides is 1. The number of nitrogens with one attached hydrogen (secondary N) is 2. The highest BCUT2D eigenvalue weighted by Crippen LogP contribution is 2.07. The Kier molecular flexibility index (Phi) is 7.92. The molecule has 1 heterocycles. The predicted octanol–water partition coefficient (Wildman–Crippen LogP) is 3.72. The number of ether oxygens (including phenoxy) is 1. The van der Waals surface area contributed by atoms with Gasteiger partial charge in [0.1, 0.15) is 5.60 Å². The topological polar surface area (TPSA) is 62.7 Å². The van der Waals surface area contributed by atoms with Crippen LogP contribution < -0.4 is 10.7 Å². The summed E-state index contributed by atoms with van der Waals surface area (Å²) in [5, 5.41) is 6.66. The number of rotatable bonds is 1. The Labute approximate surface area is 137 Å². The van der Waals surface area contributed by atoms with Gasteiger partial charge in [-0.15, -0.1) is 0 Å². The normalized spacial score (nSPS) is 15.3. The van der Waals surface area contributed by atoms with Crippen LogP contribution in [-0.2, 0) is 4.74 Å². The zero-order valence-electron chi connectivity index (χ0n) is 13.7. The molecule has 0 spiro atoms. The molecule has 0 saturated carbocycles. The number of allylic oxidation sites excluding steroid dienone is 10. The lowest BCUT2D eigenvalue weighted by Gasteiger charge is -2.19. The molecular weight excluding hydrogens is 290 g/mol. The molecule has 5 heteroatoms. The molecule has 0 bridgehead atoms. The van der Waals surface area contributed by atoms with E-state index in [-0.39, 0.29) is 0 Å². The fourth-order valence-corrected chi connectivity index (χ4v) is 1.41. The molecule has 0 aromatic carbocycles. The third-order valence-corrected chi connectivity index (χ3v) is 2.27. The minimum Gasteiger partial charge on any atom is -0.444 e. The van der Waals surface area contributed by atoms with E-state index in [1.165, 1.54) is 0 Å². The monoisotopic (exact) mass is 313 g/mol. The van der Waals surface area contributed by atoms with Gasteiger partial charge in [-0.1, -0.05) is 36.5 Å². The molecule has 0 aliphatic carbocycles. The maximum Gasteiger partial charge on any atom is 0.412 e. The van der Waals surface area contributed by atoms with Crippen LogP contribution in [0.15, 0.2) is 77.8 Å². The first-order valence-corrected chi connectivity index (χ1v) is 7.29. The number of carbonyl (C=O) groups excluding carboxylic acids is 1. The molecule has 0 atom stereocenters. The third-order valence-electron chi connectivity index (χ3n) is 2.27. The van der Waals surface area contributed by atoms with Crippen LogP contribution in [0.3, 0.4) is 0 Å². The molecule has 0 aromatic rings. The van der Waals surface area contributed by atoms with Gasteiger partial charge in [0.15, 0.2) is 0 Å². The molecule has 23 heavy (non-hydrogen) atoms. The van der Waals surface area contributed by atoms with E-state index >= 15 is 0 Å².